The summed E-state index contributed by atoms with van der Waals surface area (Å²) in [6.07, 6.45) is 0. The molecule has 0 aliphatic carbocycles. The van der Waals surface area contributed by atoms with Crippen LogP contribution < -0.4 is 0 Å². The van der Waals surface area contributed by atoms with Crippen molar-refractivity contribution < 1.29 is 25.0 Å². The van der Waals surface area contributed by atoms with Crippen LogP contribution in [0.2, 0.25) is 0 Å². The first-order chi connectivity index (χ1) is 27.5. The van der Waals surface area contributed by atoms with Gasteiger partial charge in [0.2, 0.25) is 0 Å². The van der Waals surface area contributed by atoms with Gasteiger partial charge < -0.3 is 4.42 Å². The molecule has 43 heavy (non-hydrogen) atoms. The van der Waals surface area contributed by atoms with Gasteiger partial charge in [-0.25, -0.2) is 15.0 Å². The molecule has 2 heterocycles. The van der Waals surface area contributed by atoms with Crippen molar-refractivity contribution in [3.8, 4) is 56.4 Å². The number of aromatic nitrogens is 3. The molecule has 4 heteroatoms. The van der Waals surface area contributed by atoms with Crippen LogP contribution >= 0.6 is 0 Å². The number of fused-ring (bicyclic) bond motifs is 3. The molecule has 0 saturated heterocycles. The predicted octanol–water partition coefficient (Wildman–Crippen LogP) is 10.1. The Hall–Kier alpha value is -5.87. The van der Waals surface area contributed by atoms with E-state index in [1.807, 2.05) is 0 Å². The summed E-state index contributed by atoms with van der Waals surface area (Å²) in [5.74, 6) is -0.513. The van der Waals surface area contributed by atoms with Crippen LogP contribution in [0.15, 0.2) is 156 Å². The molecular weight excluding hydrogens is 526 g/mol. The van der Waals surface area contributed by atoms with E-state index in [0.29, 0.717) is 16.7 Å². The fourth-order valence-electron chi connectivity index (χ4n) is 4.77. The van der Waals surface area contributed by atoms with E-state index >= 15 is 0 Å². The van der Waals surface area contributed by atoms with Gasteiger partial charge in [0.15, 0.2) is 17.5 Å². The van der Waals surface area contributed by atoms with Gasteiger partial charge in [-0.15, -0.1) is 0 Å². The zero-order valence-corrected chi connectivity index (χ0v) is 22.0. The summed E-state index contributed by atoms with van der Waals surface area (Å²) < 4.78 is 131. The maximum Gasteiger partial charge on any atom is 0.164 e. The molecule has 8 rings (SSSR count). The van der Waals surface area contributed by atoms with Crippen LogP contribution in [0.5, 0.6) is 0 Å². The van der Waals surface area contributed by atoms with E-state index in [0.717, 1.165) is 5.56 Å². The lowest BCUT2D eigenvalue weighted by Crippen LogP contribution is -2.00. The van der Waals surface area contributed by atoms with Gasteiger partial charge in [0.25, 0.3) is 0 Å². The Kier molecular flexibility index (Phi) is 3.39. The molecule has 0 saturated carbocycles. The third-order valence-corrected chi connectivity index (χ3v) is 6.81. The molecule has 0 unspecified atom stereocenters. The third kappa shape index (κ3) is 4.65. The minimum Gasteiger partial charge on any atom is -0.456 e. The molecule has 202 valence electrons. The fourth-order valence-corrected chi connectivity index (χ4v) is 4.77. The first-order valence-electron chi connectivity index (χ1n) is 20.5. The number of hydrogen-bond donors (Lipinski definition) is 0. The molecule has 0 aliphatic rings. The maximum absolute atomic E-state index is 8.97. The summed E-state index contributed by atoms with van der Waals surface area (Å²) in [6, 6.07) is 9.53. The van der Waals surface area contributed by atoms with Crippen LogP contribution in [0.3, 0.4) is 0 Å². The Labute approximate surface area is 270 Å². The standard InChI is InChI=1S/C39H25N3O/c1-3-10-26(11-4-1)27-18-20-28(21-19-27)29-22-24-31(25-23-29)38-40-37(30-12-5-2-6-13-30)41-39(42-38)33-15-9-17-35-36(33)32-14-7-8-16-34(32)43-35/h1-25H/i1D,2D,3D,4D,5D,6D,7D,8D,10D,11D,12D,13D,15D,16D,17D. The van der Waals surface area contributed by atoms with Gasteiger partial charge in [0.05, 0.1) is 20.6 Å². The first-order valence-corrected chi connectivity index (χ1v) is 13.0. The van der Waals surface area contributed by atoms with Crippen molar-refractivity contribution in [3.63, 3.8) is 0 Å². The largest absolute Gasteiger partial charge is 0.456 e. The maximum atomic E-state index is 8.97. The van der Waals surface area contributed by atoms with Gasteiger partial charge in [-0.05, 0) is 34.3 Å². The number of nitrogens with zero attached hydrogens (tertiary/aromatic N) is 3. The van der Waals surface area contributed by atoms with Gasteiger partial charge in [-0.1, -0.05) is 139 Å². The van der Waals surface area contributed by atoms with Crippen molar-refractivity contribution in [3.05, 3.63) is 151 Å². The van der Waals surface area contributed by atoms with Crippen molar-refractivity contribution in [2.45, 2.75) is 0 Å². The van der Waals surface area contributed by atoms with E-state index in [2.05, 4.69) is 15.0 Å². The average molecular weight is 567 g/mol. The second-order valence-corrected chi connectivity index (χ2v) is 9.36. The van der Waals surface area contributed by atoms with E-state index in [-0.39, 0.29) is 86.3 Å². The lowest BCUT2D eigenvalue weighted by atomic mass is 9.99. The van der Waals surface area contributed by atoms with Crippen molar-refractivity contribution >= 4 is 21.9 Å². The Morgan fingerprint density at radius 1 is 0.419 bits per heavy atom. The van der Waals surface area contributed by atoms with Gasteiger partial charge in [-0.3, -0.25) is 0 Å². The van der Waals surface area contributed by atoms with Crippen LogP contribution in [0.4, 0.5) is 0 Å². The highest BCUT2D eigenvalue weighted by atomic mass is 16.3. The third-order valence-electron chi connectivity index (χ3n) is 6.81. The molecule has 0 radical (unpaired) electrons. The second kappa shape index (κ2) is 10.5. The van der Waals surface area contributed by atoms with E-state index < -0.39 is 60.4 Å². The van der Waals surface area contributed by atoms with Crippen LogP contribution in [-0.4, -0.2) is 15.0 Å². The zero-order valence-electron chi connectivity index (χ0n) is 37.0. The van der Waals surface area contributed by atoms with Gasteiger partial charge in [0, 0.05) is 27.5 Å². The molecule has 4 nitrogen and oxygen atoms in total. The first kappa shape index (κ1) is 13.9. The summed E-state index contributed by atoms with van der Waals surface area (Å²) in [7, 11) is 0. The Balaban J connectivity index is 1.30. The number of para-hydroxylation sites is 1. The quantitative estimate of drug-likeness (QED) is 0.208. The topological polar surface area (TPSA) is 51.8 Å². The highest BCUT2D eigenvalue weighted by Gasteiger charge is 2.17. The van der Waals surface area contributed by atoms with Gasteiger partial charge >= 0.3 is 0 Å². The van der Waals surface area contributed by atoms with Crippen LogP contribution in [0.25, 0.3) is 78.4 Å². The molecule has 0 N–H and O–H groups in total. The number of furan rings is 1. The average Bonchev–Trinajstić information content (AvgIpc) is 3.59. The predicted molar refractivity (Wildman–Crippen MR) is 174 cm³/mol. The summed E-state index contributed by atoms with van der Waals surface area (Å²) in [4.78, 5) is 13.8. The minimum atomic E-state index is -0.624. The Bertz CT molecular complexity index is 3000. The van der Waals surface area contributed by atoms with Crippen LogP contribution in [0.1, 0.15) is 20.6 Å². The summed E-state index contributed by atoms with van der Waals surface area (Å²) in [6.45, 7) is 0. The molecule has 0 fully saturated rings. The molecule has 8 aromatic rings. The van der Waals surface area contributed by atoms with E-state index in [4.69, 9.17) is 25.0 Å². The van der Waals surface area contributed by atoms with E-state index in [1.165, 1.54) is 12.1 Å². The molecule has 2 aromatic heterocycles. The van der Waals surface area contributed by atoms with Gasteiger partial charge in [0.1, 0.15) is 11.2 Å². The van der Waals surface area contributed by atoms with Crippen molar-refractivity contribution in [2.24, 2.45) is 0 Å². The molecule has 6 aromatic carbocycles. The molecule has 0 bridgehead atoms. The lowest BCUT2D eigenvalue weighted by molar-refractivity contribution is 0.669. The summed E-state index contributed by atoms with van der Waals surface area (Å²) in [5, 5.41) is 0.271. The summed E-state index contributed by atoms with van der Waals surface area (Å²) >= 11 is 0. The SMILES string of the molecule is [2H]c1cc2c(oc3c([2H])cc([2H])c(-c4nc(-c5ccc(-c6ccc(-c7c([2H])c([2H])c([2H])c([2H])c7[2H])cc6)cc5)nc(-c5c([2H])c([2H])c([2H])c([2H])c5[2H])n4)c32)c([2H])c1[2H]. The highest BCUT2D eigenvalue weighted by Crippen LogP contribution is 2.36. The number of rotatable bonds is 5. The normalized spacial score (nSPS) is 16.1. The van der Waals surface area contributed by atoms with Gasteiger partial charge in [-0.2, -0.15) is 0 Å². The Morgan fingerprint density at radius 3 is 1.63 bits per heavy atom. The molecule has 0 aliphatic heterocycles. The minimum absolute atomic E-state index is 0.00521. The molecular formula is C39H25N3O. The second-order valence-electron chi connectivity index (χ2n) is 9.36. The lowest BCUT2D eigenvalue weighted by Gasteiger charge is -2.10. The molecule has 0 spiro atoms. The van der Waals surface area contributed by atoms with Crippen LogP contribution in [-0.2, 0) is 0 Å². The van der Waals surface area contributed by atoms with Crippen LogP contribution in [0, 0.1) is 0 Å². The highest BCUT2D eigenvalue weighted by molar-refractivity contribution is 6.11. The smallest absolute Gasteiger partial charge is 0.164 e. The molecule has 0 atom stereocenters. The number of hydrogen-bond acceptors (Lipinski definition) is 4. The van der Waals surface area contributed by atoms with Crippen molar-refractivity contribution in [1.82, 2.24) is 15.0 Å². The molecule has 0 amide bonds. The Morgan fingerprint density at radius 2 is 0.953 bits per heavy atom. The van der Waals surface area contributed by atoms with E-state index in [9.17, 15) is 0 Å². The summed E-state index contributed by atoms with van der Waals surface area (Å²) in [5.41, 5.74) is 1.85. The number of benzene rings is 6. The monoisotopic (exact) mass is 566 g/mol. The van der Waals surface area contributed by atoms with Crippen molar-refractivity contribution in [1.29, 1.82) is 0 Å². The fraction of sp³-hybridized carbons (Fsp3) is 0. The van der Waals surface area contributed by atoms with E-state index in [1.54, 1.807) is 48.5 Å². The zero-order chi connectivity index (χ0) is 41.6. The van der Waals surface area contributed by atoms with Crippen molar-refractivity contribution in [2.75, 3.05) is 0 Å².